The fraction of sp³-hybridized carbons (Fsp3) is 0.219. The highest BCUT2D eigenvalue weighted by Crippen LogP contribution is 2.31. The van der Waals surface area contributed by atoms with Crippen molar-refractivity contribution in [2.45, 2.75) is 20.3 Å². The highest BCUT2D eigenvalue weighted by molar-refractivity contribution is 8.14. The molecule has 0 bridgehead atoms. The van der Waals surface area contributed by atoms with Crippen molar-refractivity contribution < 1.29 is 43.5 Å². The van der Waals surface area contributed by atoms with Crippen LogP contribution in [0.5, 0.6) is 5.75 Å². The molecule has 0 saturated carbocycles. The summed E-state index contributed by atoms with van der Waals surface area (Å²) in [5, 5.41) is 18.0. The first-order valence-corrected chi connectivity index (χ1v) is 15.6. The average Bonchev–Trinajstić information content (AvgIpc) is 3.31. The van der Waals surface area contributed by atoms with Crippen LogP contribution in [0.3, 0.4) is 0 Å². The monoisotopic (exact) mass is 697 g/mol. The Balaban J connectivity index is 1.71. The van der Waals surface area contributed by atoms with E-state index >= 15 is 0 Å². The molecule has 2 aromatic carbocycles. The summed E-state index contributed by atoms with van der Waals surface area (Å²) in [4.78, 5) is 90.7. The molecule has 0 radical (unpaired) electrons. The molecule has 0 aliphatic carbocycles. The first-order chi connectivity index (χ1) is 22.8. The van der Waals surface area contributed by atoms with Gasteiger partial charge in [0.05, 0.1) is 30.8 Å². The minimum absolute atomic E-state index is 0.120. The van der Waals surface area contributed by atoms with Crippen LogP contribution in [0.25, 0.3) is 10.9 Å². The van der Waals surface area contributed by atoms with Gasteiger partial charge in [-0.15, -0.1) is 5.06 Å². The molecule has 48 heavy (non-hydrogen) atoms. The first kappa shape index (κ1) is 37.1. The number of hydroxylamine groups is 2. The molecule has 16 heteroatoms. The molecule has 0 aliphatic heterocycles. The lowest BCUT2D eigenvalue weighted by Gasteiger charge is -2.19. The van der Waals surface area contributed by atoms with E-state index in [1.54, 1.807) is 37.3 Å². The van der Waals surface area contributed by atoms with Crippen molar-refractivity contribution in [2.24, 2.45) is 0 Å². The summed E-state index contributed by atoms with van der Waals surface area (Å²) in [5.74, 6) is -4.14. The Morgan fingerprint density at radius 3 is 2.19 bits per heavy atom. The molecule has 14 nitrogen and oxygen atoms in total. The van der Waals surface area contributed by atoms with E-state index in [0.29, 0.717) is 32.7 Å². The molecule has 4 amide bonds. The number of fused-ring (bicyclic) bond motifs is 1. The van der Waals surface area contributed by atoms with Crippen LogP contribution in [0.15, 0.2) is 67.4 Å². The van der Waals surface area contributed by atoms with Crippen molar-refractivity contribution in [1.29, 1.82) is 0 Å². The van der Waals surface area contributed by atoms with Gasteiger partial charge in [-0.3, -0.25) is 38.1 Å². The van der Waals surface area contributed by atoms with Gasteiger partial charge in [0.15, 0.2) is 10.9 Å². The molecular formula is C32H32ClN5O9S. The predicted octanol–water partition coefficient (Wildman–Crippen LogP) is 2.37. The smallest absolute Gasteiger partial charge is 0.307 e. The lowest BCUT2D eigenvalue weighted by molar-refractivity contribution is -0.148. The summed E-state index contributed by atoms with van der Waals surface area (Å²) >= 11 is 6.76. The Kier molecular flexibility index (Phi) is 13.5. The number of aromatic nitrogens is 1. The van der Waals surface area contributed by atoms with Crippen LogP contribution in [-0.2, 0) is 35.2 Å². The highest BCUT2D eigenvalue weighted by atomic mass is 35.5. The van der Waals surface area contributed by atoms with Crippen molar-refractivity contribution in [2.75, 3.05) is 25.4 Å². The summed E-state index contributed by atoms with van der Waals surface area (Å²) in [6.07, 6.45) is 3.65. The zero-order valence-electron chi connectivity index (χ0n) is 25.9. The number of amides is 4. The maximum atomic E-state index is 13.5. The summed E-state index contributed by atoms with van der Waals surface area (Å²) in [6.45, 7) is 5.08. The van der Waals surface area contributed by atoms with Gasteiger partial charge in [-0.25, -0.2) is 0 Å². The second-order valence-electron chi connectivity index (χ2n) is 9.96. The number of nitrogens with zero attached hydrogens (tertiary/aromatic N) is 2. The van der Waals surface area contributed by atoms with Crippen molar-refractivity contribution >= 4 is 74.9 Å². The molecule has 0 fully saturated rings. The van der Waals surface area contributed by atoms with Crippen molar-refractivity contribution in [1.82, 2.24) is 25.6 Å². The summed E-state index contributed by atoms with van der Waals surface area (Å²) < 4.78 is 1.40. The maximum Gasteiger partial charge on any atom is 0.307 e. The van der Waals surface area contributed by atoms with E-state index in [1.165, 1.54) is 42.0 Å². The van der Waals surface area contributed by atoms with E-state index in [-0.39, 0.29) is 23.0 Å². The highest BCUT2D eigenvalue weighted by Gasteiger charge is 2.23. The number of benzene rings is 2. The van der Waals surface area contributed by atoms with Gasteiger partial charge in [-0.2, -0.15) is 0 Å². The fourth-order valence-corrected chi connectivity index (χ4v) is 4.81. The number of carboxylic acids is 1. The first-order valence-electron chi connectivity index (χ1n) is 14.2. The molecule has 252 valence electrons. The van der Waals surface area contributed by atoms with E-state index in [2.05, 4.69) is 22.5 Å². The second kappa shape index (κ2) is 17.5. The third-order valence-corrected chi connectivity index (χ3v) is 7.54. The summed E-state index contributed by atoms with van der Waals surface area (Å²) in [7, 11) is 0. The number of carbonyl (C=O) groups is 7. The van der Waals surface area contributed by atoms with Crippen LogP contribution in [0.1, 0.15) is 28.5 Å². The molecule has 1 aromatic heterocycles. The Morgan fingerprint density at radius 2 is 1.58 bits per heavy atom. The van der Waals surface area contributed by atoms with E-state index < -0.39 is 55.1 Å². The summed E-state index contributed by atoms with van der Waals surface area (Å²) in [5.41, 5.74) is 1.53. The Bertz CT molecular complexity index is 1790. The minimum Gasteiger partial charge on any atom is -0.481 e. The van der Waals surface area contributed by atoms with E-state index in [0.717, 1.165) is 16.8 Å². The zero-order valence-corrected chi connectivity index (χ0v) is 27.5. The van der Waals surface area contributed by atoms with Gasteiger partial charge in [-0.1, -0.05) is 36.0 Å². The molecule has 0 atom stereocenters. The lowest BCUT2D eigenvalue weighted by Crippen LogP contribution is -2.45. The number of halogens is 1. The minimum atomic E-state index is -1.12. The third kappa shape index (κ3) is 10.6. The SMILES string of the molecule is C=CC=CN(Oc1ccc2c(c1)c(CC(=O)O)c(C)n2C(=O)c1ccc(Cl)cc1)C(=O)CNC(=O)CNC(=O)CNC(=O)CSC(C)=O. The second-order valence-corrected chi connectivity index (χ2v) is 11.5. The number of hydrogen-bond donors (Lipinski definition) is 4. The van der Waals surface area contributed by atoms with Crippen molar-refractivity contribution in [3.8, 4) is 5.75 Å². The number of aliphatic carboxylic acids is 1. The van der Waals surface area contributed by atoms with Gasteiger partial charge >= 0.3 is 5.97 Å². The third-order valence-electron chi connectivity index (χ3n) is 6.47. The zero-order chi connectivity index (χ0) is 35.4. The van der Waals surface area contributed by atoms with Crippen molar-refractivity contribution in [3.05, 3.63) is 89.2 Å². The Labute approximate surface area is 284 Å². The molecule has 4 N–H and O–H groups in total. The Hall–Kier alpha value is -5.41. The lowest BCUT2D eigenvalue weighted by atomic mass is 10.1. The van der Waals surface area contributed by atoms with Gasteiger partial charge in [0.2, 0.25) is 17.7 Å². The number of rotatable bonds is 15. The normalized spacial score (nSPS) is 10.7. The molecule has 0 saturated heterocycles. The Morgan fingerprint density at radius 1 is 0.958 bits per heavy atom. The van der Waals surface area contributed by atoms with Crippen LogP contribution in [0, 0.1) is 6.92 Å². The van der Waals surface area contributed by atoms with E-state index in [1.807, 2.05) is 0 Å². The maximum absolute atomic E-state index is 13.5. The fourth-order valence-electron chi connectivity index (χ4n) is 4.25. The number of nitrogens with one attached hydrogen (secondary N) is 3. The van der Waals surface area contributed by atoms with Crippen LogP contribution < -0.4 is 20.8 Å². The molecule has 0 spiro atoms. The van der Waals surface area contributed by atoms with Gasteiger partial charge in [-0.05, 0) is 61.0 Å². The van der Waals surface area contributed by atoms with Crippen LogP contribution in [0.4, 0.5) is 0 Å². The topological polar surface area (TPSA) is 193 Å². The van der Waals surface area contributed by atoms with Crippen LogP contribution in [-0.4, -0.2) is 80.7 Å². The number of thioether (sulfide) groups is 1. The van der Waals surface area contributed by atoms with Gasteiger partial charge in [0.25, 0.3) is 11.8 Å². The van der Waals surface area contributed by atoms with Gasteiger partial charge in [0, 0.05) is 34.8 Å². The number of hydrogen-bond acceptors (Lipinski definition) is 9. The predicted molar refractivity (Wildman–Crippen MR) is 178 cm³/mol. The molecule has 1 heterocycles. The molecular weight excluding hydrogens is 666 g/mol. The van der Waals surface area contributed by atoms with Gasteiger partial charge < -0.3 is 25.9 Å². The quantitative estimate of drug-likeness (QED) is 0.135. The summed E-state index contributed by atoms with van der Waals surface area (Å²) in [6, 6.07) is 10.8. The van der Waals surface area contributed by atoms with E-state index in [9.17, 15) is 38.7 Å². The molecule has 3 aromatic rings. The standard InChI is InChI=1S/C32H32ClN5O9S/c1-4-5-12-37(30(43)17-36-28(41)15-34-27(40)16-35-29(42)18-48-20(3)39)47-23-10-11-26-25(13-23)24(14-31(44)45)19(2)38(26)32(46)21-6-8-22(33)9-7-21/h4-13H,1,14-18H2,2-3H3,(H,34,40)(H,35,42)(H,36,41)(H,44,45). The van der Waals surface area contributed by atoms with E-state index in [4.69, 9.17) is 16.4 Å². The largest absolute Gasteiger partial charge is 0.481 e. The average molecular weight is 698 g/mol. The van der Waals surface area contributed by atoms with Crippen LogP contribution in [0.2, 0.25) is 5.02 Å². The number of allylic oxidation sites excluding steroid dienone is 2. The van der Waals surface area contributed by atoms with Crippen molar-refractivity contribution in [3.63, 3.8) is 0 Å². The molecule has 3 rings (SSSR count). The number of carbonyl (C=O) groups excluding carboxylic acids is 6. The van der Waals surface area contributed by atoms with Crippen LogP contribution >= 0.6 is 23.4 Å². The number of carboxylic acid groups (broad SMARTS) is 1. The molecule has 0 aliphatic rings. The molecule has 0 unspecified atom stereocenters. The van der Waals surface area contributed by atoms with Gasteiger partial charge in [0.1, 0.15) is 6.54 Å².